The molecule has 0 aliphatic carbocycles. The number of ether oxygens (including phenoxy) is 1. The van der Waals surface area contributed by atoms with E-state index in [1.807, 2.05) is 30.3 Å². The molecule has 0 saturated carbocycles. The Labute approximate surface area is 204 Å². The van der Waals surface area contributed by atoms with Gasteiger partial charge in [-0.05, 0) is 36.4 Å². The smallest absolute Gasteiger partial charge is 0.265 e. The summed E-state index contributed by atoms with van der Waals surface area (Å²) in [6.07, 6.45) is 1.47. The molecule has 35 heavy (non-hydrogen) atoms. The Morgan fingerprint density at radius 3 is 2.46 bits per heavy atom. The first-order chi connectivity index (χ1) is 16.8. The number of hydrogen-bond donors (Lipinski definition) is 2. The van der Waals surface area contributed by atoms with Crippen LogP contribution in [0, 0.1) is 0 Å². The molecular formula is C24H27N5O5S. The van der Waals surface area contributed by atoms with Crippen molar-refractivity contribution in [2.45, 2.75) is 18.7 Å². The lowest BCUT2D eigenvalue weighted by Crippen LogP contribution is -2.30. The maximum Gasteiger partial charge on any atom is 0.265 e. The van der Waals surface area contributed by atoms with Crippen molar-refractivity contribution in [3.05, 3.63) is 78.5 Å². The first-order valence-electron chi connectivity index (χ1n) is 10.9. The lowest BCUT2D eigenvalue weighted by atomic mass is 10.3. The van der Waals surface area contributed by atoms with Gasteiger partial charge in [0.05, 0.1) is 4.90 Å². The Morgan fingerprint density at radius 1 is 1.06 bits per heavy atom. The molecular weight excluding hydrogens is 470 g/mol. The van der Waals surface area contributed by atoms with E-state index >= 15 is 0 Å². The standard InChI is InChI=1S/C24H27N5O5S/c1-3-29(4-2)35(31,32)21-12-8-9-19(15-21)27-22(30)17-33-28-24(25)18-13-14-23(26-16-18)34-20-10-6-5-7-11-20/h5-16H,3-4,17H2,1-2H3,(H2,25,28)(H,27,30). The summed E-state index contributed by atoms with van der Waals surface area (Å²) in [5.41, 5.74) is 6.71. The fraction of sp³-hybridized carbons (Fsp3) is 0.208. The topological polar surface area (TPSA) is 136 Å². The zero-order valence-corrected chi connectivity index (χ0v) is 20.2. The molecule has 11 heteroatoms. The van der Waals surface area contributed by atoms with Crippen molar-refractivity contribution < 1.29 is 22.8 Å². The highest BCUT2D eigenvalue weighted by Gasteiger charge is 2.21. The van der Waals surface area contributed by atoms with E-state index in [0.29, 0.717) is 36.0 Å². The number of benzene rings is 2. The second-order valence-electron chi connectivity index (χ2n) is 7.22. The summed E-state index contributed by atoms with van der Waals surface area (Å²) in [6.45, 7) is 3.80. The number of carbonyl (C=O) groups excluding carboxylic acids is 1. The number of oxime groups is 1. The number of sulfonamides is 1. The van der Waals surface area contributed by atoms with E-state index in [2.05, 4.69) is 15.5 Å². The third-order valence-corrected chi connectivity index (χ3v) is 6.86. The Morgan fingerprint density at radius 2 is 1.80 bits per heavy atom. The molecule has 1 heterocycles. The lowest BCUT2D eigenvalue weighted by molar-refractivity contribution is -0.120. The molecule has 0 bridgehead atoms. The van der Waals surface area contributed by atoms with Gasteiger partial charge in [-0.2, -0.15) is 4.31 Å². The number of aromatic nitrogens is 1. The number of carbonyl (C=O) groups is 1. The largest absolute Gasteiger partial charge is 0.439 e. The van der Waals surface area contributed by atoms with Crippen LogP contribution in [0.3, 0.4) is 0 Å². The second kappa shape index (κ2) is 12.0. The average molecular weight is 498 g/mol. The first-order valence-corrected chi connectivity index (χ1v) is 12.3. The number of pyridine rings is 1. The molecule has 3 rings (SSSR count). The minimum absolute atomic E-state index is 0.0314. The quantitative estimate of drug-likeness (QED) is 0.236. The summed E-state index contributed by atoms with van der Waals surface area (Å²) in [5, 5.41) is 6.33. The normalized spacial score (nSPS) is 11.8. The number of nitrogens with one attached hydrogen (secondary N) is 1. The zero-order chi connectivity index (χ0) is 25.3. The highest BCUT2D eigenvalue weighted by molar-refractivity contribution is 7.89. The van der Waals surface area contributed by atoms with Crippen molar-refractivity contribution in [1.29, 1.82) is 0 Å². The number of nitrogens with two attached hydrogens (primary N) is 1. The zero-order valence-electron chi connectivity index (χ0n) is 19.4. The molecule has 3 aromatic rings. The van der Waals surface area contributed by atoms with Gasteiger partial charge in [-0.25, -0.2) is 13.4 Å². The minimum atomic E-state index is -3.64. The minimum Gasteiger partial charge on any atom is -0.439 e. The van der Waals surface area contributed by atoms with Crippen molar-refractivity contribution in [3.63, 3.8) is 0 Å². The number of para-hydroxylation sites is 1. The van der Waals surface area contributed by atoms with Crippen LogP contribution in [-0.2, 0) is 19.7 Å². The van der Waals surface area contributed by atoms with Crippen molar-refractivity contribution in [2.24, 2.45) is 10.9 Å². The van der Waals surface area contributed by atoms with Gasteiger partial charge in [-0.15, -0.1) is 0 Å². The number of rotatable bonds is 11. The van der Waals surface area contributed by atoms with Crippen LogP contribution >= 0.6 is 0 Å². The van der Waals surface area contributed by atoms with Gasteiger partial charge in [0.25, 0.3) is 5.91 Å². The fourth-order valence-corrected chi connectivity index (χ4v) is 4.56. The maximum atomic E-state index is 12.7. The molecule has 3 N–H and O–H groups in total. The number of hydrogen-bond acceptors (Lipinski definition) is 7. The summed E-state index contributed by atoms with van der Waals surface area (Å²) in [4.78, 5) is 21.5. The molecule has 184 valence electrons. The Hall–Kier alpha value is -3.96. The van der Waals surface area contributed by atoms with Crippen molar-refractivity contribution >= 4 is 27.5 Å². The molecule has 0 aliphatic heterocycles. The SMILES string of the molecule is CCN(CC)S(=O)(=O)c1cccc(NC(=O)CO/N=C(/N)c2ccc(Oc3ccccc3)nc2)c1. The fourth-order valence-electron chi connectivity index (χ4n) is 3.06. The molecule has 1 amide bonds. The van der Waals surface area contributed by atoms with Gasteiger partial charge in [0.2, 0.25) is 15.9 Å². The summed E-state index contributed by atoms with van der Waals surface area (Å²) in [7, 11) is -3.64. The summed E-state index contributed by atoms with van der Waals surface area (Å²) >= 11 is 0. The van der Waals surface area contributed by atoms with Crippen LogP contribution in [0.4, 0.5) is 5.69 Å². The van der Waals surface area contributed by atoms with Gasteiger partial charge in [-0.3, -0.25) is 4.79 Å². The first kappa shape index (κ1) is 25.7. The van der Waals surface area contributed by atoms with Crippen LogP contribution in [0.15, 0.2) is 83.0 Å². The van der Waals surface area contributed by atoms with E-state index in [1.54, 1.807) is 38.1 Å². The molecule has 0 spiro atoms. The van der Waals surface area contributed by atoms with Gasteiger partial charge in [0.15, 0.2) is 12.4 Å². The summed E-state index contributed by atoms with van der Waals surface area (Å²) < 4.78 is 32.3. The highest BCUT2D eigenvalue weighted by atomic mass is 32.2. The molecule has 0 unspecified atom stereocenters. The molecule has 0 radical (unpaired) electrons. The van der Waals surface area contributed by atoms with Crippen LogP contribution < -0.4 is 15.8 Å². The number of amidine groups is 1. The molecule has 2 aromatic carbocycles. The molecule has 10 nitrogen and oxygen atoms in total. The molecule has 0 saturated heterocycles. The number of nitrogens with zero attached hydrogens (tertiary/aromatic N) is 3. The third-order valence-electron chi connectivity index (χ3n) is 4.82. The number of amides is 1. The van der Waals surface area contributed by atoms with E-state index in [9.17, 15) is 13.2 Å². The van der Waals surface area contributed by atoms with Crippen LogP contribution in [0.5, 0.6) is 11.6 Å². The van der Waals surface area contributed by atoms with Crippen LogP contribution in [-0.4, -0.2) is 49.1 Å². The third kappa shape index (κ3) is 7.01. The van der Waals surface area contributed by atoms with Gasteiger partial charge in [-0.1, -0.05) is 43.3 Å². The van der Waals surface area contributed by atoms with E-state index in [0.717, 1.165) is 0 Å². The molecule has 0 atom stereocenters. The summed E-state index contributed by atoms with van der Waals surface area (Å²) in [5.74, 6) is 0.547. The molecule has 0 aliphatic rings. The van der Waals surface area contributed by atoms with Gasteiger partial charge < -0.3 is 20.6 Å². The Kier molecular flexibility index (Phi) is 8.76. The van der Waals surface area contributed by atoms with Crippen molar-refractivity contribution in [2.75, 3.05) is 25.0 Å². The van der Waals surface area contributed by atoms with Gasteiger partial charge in [0, 0.05) is 36.6 Å². The van der Waals surface area contributed by atoms with Gasteiger partial charge >= 0.3 is 0 Å². The summed E-state index contributed by atoms with van der Waals surface area (Å²) in [6, 6.07) is 18.5. The number of anilines is 1. The predicted molar refractivity (Wildman–Crippen MR) is 133 cm³/mol. The average Bonchev–Trinajstić information content (AvgIpc) is 2.86. The van der Waals surface area contributed by atoms with Crippen LogP contribution in [0.2, 0.25) is 0 Å². The van der Waals surface area contributed by atoms with Crippen molar-refractivity contribution in [1.82, 2.24) is 9.29 Å². The molecule has 1 aromatic heterocycles. The molecule has 0 fully saturated rings. The van der Waals surface area contributed by atoms with Crippen molar-refractivity contribution in [3.8, 4) is 11.6 Å². The lowest BCUT2D eigenvalue weighted by Gasteiger charge is -2.18. The van der Waals surface area contributed by atoms with Crippen LogP contribution in [0.25, 0.3) is 0 Å². The highest BCUT2D eigenvalue weighted by Crippen LogP contribution is 2.20. The second-order valence-corrected chi connectivity index (χ2v) is 9.15. The van der Waals surface area contributed by atoms with E-state index in [1.165, 1.54) is 22.6 Å². The predicted octanol–water partition coefficient (Wildman–Crippen LogP) is 3.18. The van der Waals surface area contributed by atoms with E-state index in [-0.39, 0.29) is 10.7 Å². The monoisotopic (exact) mass is 497 g/mol. The van der Waals surface area contributed by atoms with Gasteiger partial charge in [0.1, 0.15) is 5.75 Å². The van der Waals surface area contributed by atoms with E-state index < -0.39 is 22.5 Å². The van der Waals surface area contributed by atoms with E-state index in [4.69, 9.17) is 15.3 Å². The Bertz CT molecular complexity index is 1260. The Balaban J connectivity index is 1.55. The van der Waals surface area contributed by atoms with Crippen LogP contribution in [0.1, 0.15) is 19.4 Å². The maximum absolute atomic E-state index is 12.7.